The van der Waals surface area contributed by atoms with Crippen LogP contribution in [0.4, 0.5) is 0 Å². The number of piperidine rings is 1. The normalized spacial score (nSPS) is 20.5. The number of guanidine groups is 1. The molecule has 0 aromatic rings. The van der Waals surface area contributed by atoms with E-state index < -0.39 is 0 Å². The predicted octanol–water partition coefficient (Wildman–Crippen LogP) is 1.29. The van der Waals surface area contributed by atoms with Crippen LogP contribution in [0.25, 0.3) is 0 Å². The third kappa shape index (κ3) is 5.09. The van der Waals surface area contributed by atoms with Crippen molar-refractivity contribution >= 4 is 11.9 Å². The van der Waals surface area contributed by atoms with Gasteiger partial charge in [-0.3, -0.25) is 9.79 Å². The van der Waals surface area contributed by atoms with E-state index in [0.29, 0.717) is 24.8 Å². The highest BCUT2D eigenvalue weighted by Crippen LogP contribution is 2.14. The van der Waals surface area contributed by atoms with Crippen LogP contribution in [-0.2, 0) is 4.79 Å². The van der Waals surface area contributed by atoms with E-state index >= 15 is 0 Å². The molecule has 0 radical (unpaired) electrons. The Balaban J connectivity index is 2.37. The number of amides is 1. The van der Waals surface area contributed by atoms with Gasteiger partial charge in [0.05, 0.1) is 6.54 Å². The van der Waals surface area contributed by atoms with Crippen molar-refractivity contribution in [3.05, 3.63) is 0 Å². The number of likely N-dealkylation sites (tertiary alicyclic amines) is 1. The highest BCUT2D eigenvalue weighted by Gasteiger charge is 2.17. The van der Waals surface area contributed by atoms with Crippen molar-refractivity contribution in [1.82, 2.24) is 9.80 Å². The summed E-state index contributed by atoms with van der Waals surface area (Å²) in [5.41, 5.74) is 5.99. The Hall–Kier alpha value is -1.26. The van der Waals surface area contributed by atoms with Gasteiger partial charge in [0.25, 0.3) is 0 Å². The standard InChI is InChI=1S/C14H28N4O/c1-4-17(5-2)13(19)8-9-16-14(15)18-10-6-7-12(3)11-18/h12H,4-11H2,1-3H3,(H2,15,16). The first kappa shape index (κ1) is 15.8. The van der Waals surface area contributed by atoms with Gasteiger partial charge in [-0.2, -0.15) is 0 Å². The molecule has 110 valence electrons. The number of aliphatic imine (C=N–C) groups is 1. The summed E-state index contributed by atoms with van der Waals surface area (Å²) in [4.78, 5) is 20.1. The third-order valence-corrected chi connectivity index (χ3v) is 3.70. The summed E-state index contributed by atoms with van der Waals surface area (Å²) in [6, 6.07) is 0. The lowest BCUT2D eigenvalue weighted by Crippen LogP contribution is -2.43. The molecule has 2 N–H and O–H groups in total. The van der Waals surface area contributed by atoms with Gasteiger partial charge in [-0.1, -0.05) is 6.92 Å². The quantitative estimate of drug-likeness (QED) is 0.604. The van der Waals surface area contributed by atoms with Gasteiger partial charge in [0, 0.05) is 32.6 Å². The van der Waals surface area contributed by atoms with Crippen LogP contribution in [0.1, 0.15) is 40.0 Å². The molecule has 5 heteroatoms. The Bertz CT molecular complexity index is 313. The first-order chi connectivity index (χ1) is 9.08. The predicted molar refractivity (Wildman–Crippen MR) is 79.0 cm³/mol. The minimum absolute atomic E-state index is 0.161. The fourth-order valence-electron chi connectivity index (χ4n) is 2.50. The average Bonchev–Trinajstić information content (AvgIpc) is 2.40. The third-order valence-electron chi connectivity index (χ3n) is 3.70. The van der Waals surface area contributed by atoms with E-state index in [1.165, 1.54) is 12.8 Å². The van der Waals surface area contributed by atoms with Crippen LogP contribution in [0.3, 0.4) is 0 Å². The van der Waals surface area contributed by atoms with Gasteiger partial charge in [-0.15, -0.1) is 0 Å². The fraction of sp³-hybridized carbons (Fsp3) is 0.857. The molecule has 0 bridgehead atoms. The molecular formula is C14H28N4O. The van der Waals surface area contributed by atoms with Gasteiger partial charge >= 0.3 is 0 Å². The number of carbonyl (C=O) groups is 1. The second-order valence-electron chi connectivity index (χ2n) is 5.25. The zero-order chi connectivity index (χ0) is 14.3. The van der Waals surface area contributed by atoms with Crippen LogP contribution in [0.5, 0.6) is 0 Å². The highest BCUT2D eigenvalue weighted by atomic mass is 16.2. The average molecular weight is 268 g/mol. The summed E-state index contributed by atoms with van der Waals surface area (Å²) in [6.07, 6.45) is 2.89. The van der Waals surface area contributed by atoms with Crippen molar-refractivity contribution in [1.29, 1.82) is 0 Å². The fourth-order valence-corrected chi connectivity index (χ4v) is 2.50. The second-order valence-corrected chi connectivity index (χ2v) is 5.25. The topological polar surface area (TPSA) is 61.9 Å². The Morgan fingerprint density at radius 2 is 2.11 bits per heavy atom. The SMILES string of the molecule is CCN(CC)C(=O)CCN=C(N)N1CCCC(C)C1. The van der Waals surface area contributed by atoms with Gasteiger partial charge in [0.1, 0.15) is 0 Å². The molecule has 0 aromatic carbocycles. The maximum absolute atomic E-state index is 11.8. The number of hydrogen-bond acceptors (Lipinski definition) is 2. The molecule has 1 amide bonds. The van der Waals surface area contributed by atoms with Crippen molar-refractivity contribution in [2.75, 3.05) is 32.7 Å². The lowest BCUT2D eigenvalue weighted by molar-refractivity contribution is -0.130. The van der Waals surface area contributed by atoms with Crippen molar-refractivity contribution in [2.45, 2.75) is 40.0 Å². The van der Waals surface area contributed by atoms with E-state index in [0.717, 1.165) is 26.2 Å². The lowest BCUT2D eigenvalue weighted by atomic mass is 10.0. The number of carbonyl (C=O) groups excluding carboxylic acids is 1. The molecule has 1 unspecified atom stereocenters. The summed E-state index contributed by atoms with van der Waals surface area (Å²) < 4.78 is 0. The molecule has 1 atom stereocenters. The van der Waals surface area contributed by atoms with Crippen LogP contribution < -0.4 is 5.73 Å². The Labute approximate surface area is 116 Å². The zero-order valence-corrected chi connectivity index (χ0v) is 12.6. The summed E-state index contributed by atoms with van der Waals surface area (Å²) in [6.45, 7) is 10.2. The summed E-state index contributed by atoms with van der Waals surface area (Å²) >= 11 is 0. The largest absolute Gasteiger partial charge is 0.370 e. The van der Waals surface area contributed by atoms with Crippen LogP contribution in [0.2, 0.25) is 0 Å². The minimum atomic E-state index is 0.161. The number of nitrogens with two attached hydrogens (primary N) is 1. The molecular weight excluding hydrogens is 240 g/mol. The maximum Gasteiger partial charge on any atom is 0.224 e. The molecule has 1 rings (SSSR count). The summed E-state index contributed by atoms with van der Waals surface area (Å²) in [5.74, 6) is 1.44. The van der Waals surface area contributed by atoms with E-state index in [4.69, 9.17) is 5.73 Å². The van der Waals surface area contributed by atoms with Crippen molar-refractivity contribution in [3.63, 3.8) is 0 Å². The van der Waals surface area contributed by atoms with E-state index in [-0.39, 0.29) is 5.91 Å². The molecule has 1 fully saturated rings. The molecule has 0 spiro atoms. The van der Waals surface area contributed by atoms with Crippen LogP contribution in [0, 0.1) is 5.92 Å². The lowest BCUT2D eigenvalue weighted by Gasteiger charge is -2.31. The van der Waals surface area contributed by atoms with Crippen LogP contribution in [0.15, 0.2) is 4.99 Å². The van der Waals surface area contributed by atoms with Crippen molar-refractivity contribution in [2.24, 2.45) is 16.6 Å². The molecule has 1 aliphatic heterocycles. The first-order valence-electron chi connectivity index (χ1n) is 7.41. The molecule has 0 aliphatic carbocycles. The zero-order valence-electron chi connectivity index (χ0n) is 12.6. The summed E-state index contributed by atoms with van der Waals surface area (Å²) in [5, 5.41) is 0. The number of nitrogens with zero attached hydrogens (tertiary/aromatic N) is 3. The molecule has 19 heavy (non-hydrogen) atoms. The smallest absolute Gasteiger partial charge is 0.224 e. The van der Waals surface area contributed by atoms with Crippen molar-refractivity contribution in [3.8, 4) is 0 Å². The molecule has 1 aliphatic rings. The molecule has 1 saturated heterocycles. The van der Waals surface area contributed by atoms with E-state index in [1.54, 1.807) is 0 Å². The number of rotatable bonds is 5. The van der Waals surface area contributed by atoms with E-state index in [9.17, 15) is 4.79 Å². The van der Waals surface area contributed by atoms with Gasteiger partial charge in [-0.05, 0) is 32.6 Å². The minimum Gasteiger partial charge on any atom is -0.370 e. The van der Waals surface area contributed by atoms with Crippen molar-refractivity contribution < 1.29 is 4.79 Å². The van der Waals surface area contributed by atoms with Gasteiger partial charge in [0.15, 0.2) is 5.96 Å². The maximum atomic E-state index is 11.8. The monoisotopic (exact) mass is 268 g/mol. The van der Waals surface area contributed by atoms with Gasteiger partial charge in [-0.25, -0.2) is 0 Å². The first-order valence-corrected chi connectivity index (χ1v) is 7.41. The summed E-state index contributed by atoms with van der Waals surface area (Å²) in [7, 11) is 0. The molecule has 0 saturated carbocycles. The molecule has 0 aromatic heterocycles. The molecule has 1 heterocycles. The van der Waals surface area contributed by atoms with Gasteiger partial charge in [0.2, 0.25) is 5.91 Å². The molecule has 5 nitrogen and oxygen atoms in total. The van der Waals surface area contributed by atoms with E-state index in [1.807, 2.05) is 18.7 Å². The highest BCUT2D eigenvalue weighted by molar-refractivity contribution is 5.79. The Kier molecular flexibility index (Phi) is 6.67. The second kappa shape index (κ2) is 8.02. The van der Waals surface area contributed by atoms with Crippen LogP contribution in [-0.4, -0.2) is 54.4 Å². The van der Waals surface area contributed by atoms with Crippen LogP contribution >= 0.6 is 0 Å². The van der Waals surface area contributed by atoms with Gasteiger partial charge < -0.3 is 15.5 Å². The Morgan fingerprint density at radius 3 is 2.68 bits per heavy atom. The number of hydrogen-bond donors (Lipinski definition) is 1. The van der Waals surface area contributed by atoms with E-state index in [2.05, 4.69) is 16.8 Å². The Morgan fingerprint density at radius 1 is 1.42 bits per heavy atom.